The van der Waals surface area contributed by atoms with Gasteiger partial charge in [0.05, 0.1) is 38.2 Å². The largest absolute Gasteiger partial charge is 0.481 e. The van der Waals surface area contributed by atoms with Gasteiger partial charge in [-0.15, -0.1) is 0 Å². The van der Waals surface area contributed by atoms with E-state index >= 15 is 0 Å². The maximum atomic E-state index is 12.8. The molecule has 0 aliphatic rings. The molecule has 15 N–H and O–H groups in total. The molecule has 24 nitrogen and oxygen atoms in total. The molecule has 0 aliphatic heterocycles. The number of nitrogens with one attached hydrogen (secondary N) is 8. The van der Waals surface area contributed by atoms with Crippen molar-refractivity contribution in [3.63, 3.8) is 0 Å². The fourth-order valence-corrected chi connectivity index (χ4v) is 3.71. The van der Waals surface area contributed by atoms with Crippen LogP contribution in [-0.2, 0) is 52.7 Å². The van der Waals surface area contributed by atoms with Gasteiger partial charge in [-0.2, -0.15) is 0 Å². The van der Waals surface area contributed by atoms with E-state index in [0.717, 1.165) is 13.8 Å². The second-order valence-corrected chi connectivity index (χ2v) is 11.4. The monoisotopic (exact) mass is 746 g/mol. The van der Waals surface area contributed by atoms with Crippen LogP contribution in [0.3, 0.4) is 0 Å². The lowest BCUT2D eigenvalue weighted by atomic mass is 10.1. The number of nitrogens with two attached hydrogens (primary N) is 2. The van der Waals surface area contributed by atoms with Gasteiger partial charge < -0.3 is 69.3 Å². The molecule has 0 bridgehead atoms. The van der Waals surface area contributed by atoms with E-state index in [1.54, 1.807) is 0 Å². The summed E-state index contributed by atoms with van der Waals surface area (Å²) < 4.78 is 0. The summed E-state index contributed by atoms with van der Waals surface area (Å²) in [5.41, 5.74) is 10.5. The van der Waals surface area contributed by atoms with Crippen LogP contribution in [0.1, 0.15) is 47.0 Å². The van der Waals surface area contributed by atoms with Crippen molar-refractivity contribution in [1.82, 2.24) is 42.5 Å². The number of hydrogen-bond donors (Lipinski definition) is 13. The Morgan fingerprint density at radius 1 is 0.577 bits per heavy atom. The average Bonchev–Trinajstić information content (AvgIpc) is 3.04. The van der Waals surface area contributed by atoms with Gasteiger partial charge in [0.2, 0.25) is 53.2 Å². The van der Waals surface area contributed by atoms with Crippen LogP contribution in [0.5, 0.6) is 0 Å². The van der Waals surface area contributed by atoms with Gasteiger partial charge in [-0.05, 0) is 34.1 Å². The zero-order valence-corrected chi connectivity index (χ0v) is 28.8. The number of amides is 9. The average molecular weight is 747 g/mol. The Morgan fingerprint density at radius 2 is 1.08 bits per heavy atom. The number of carboxylic acid groups (broad SMARTS) is 2. The maximum Gasteiger partial charge on any atom is 0.325 e. The number of carbonyl (C=O) groups is 11. The first kappa shape index (κ1) is 46.1. The van der Waals surface area contributed by atoms with Gasteiger partial charge in [-0.25, -0.2) is 0 Å². The van der Waals surface area contributed by atoms with Crippen molar-refractivity contribution in [2.75, 3.05) is 19.6 Å². The van der Waals surface area contributed by atoms with Crippen LogP contribution < -0.4 is 54.0 Å². The molecule has 0 aromatic heterocycles. The number of carboxylic acids is 2. The molecular formula is C28H46N10O14. The molecule has 0 aromatic rings. The summed E-state index contributed by atoms with van der Waals surface area (Å²) in [6.45, 7) is 2.59. The van der Waals surface area contributed by atoms with Crippen molar-refractivity contribution >= 4 is 65.1 Å². The third kappa shape index (κ3) is 18.7. The molecule has 0 unspecified atom stereocenters. The first-order valence-corrected chi connectivity index (χ1v) is 15.5. The van der Waals surface area contributed by atoms with E-state index in [1.165, 1.54) is 13.8 Å². The van der Waals surface area contributed by atoms with Crippen molar-refractivity contribution in [1.29, 1.82) is 0 Å². The zero-order chi connectivity index (χ0) is 40.3. The van der Waals surface area contributed by atoms with Crippen molar-refractivity contribution < 1.29 is 68.1 Å². The summed E-state index contributed by atoms with van der Waals surface area (Å²) in [7, 11) is 0. The quantitative estimate of drug-likeness (QED) is 0.0462. The molecule has 0 saturated heterocycles. The van der Waals surface area contributed by atoms with Gasteiger partial charge in [-0.1, -0.05) is 0 Å². The standard InChI is InChI=1S/C28H46N10O14/c1-11(29)23(46)37-16(7-21(44)45)26(49)32-8-18(41)31-9-19(42)34-12(2)24(47)36-15(5-6-17(30)40)25(48)33-10-20(43)38-22(14(4)39)27(50)35-13(3)28(51)52/h11-16,22,39H,5-10,29H2,1-4H3,(H2,30,40)(H,31,41)(H,32,49)(H,33,48)(H,34,42)(H,35,50)(H,36,47)(H,37,46)(H,38,43)(H,44,45)(H,51,52)/t11-,12-,13-,14+,15-,16-,22-/m0/s1. The molecule has 0 aliphatic carbocycles. The second-order valence-electron chi connectivity index (χ2n) is 11.4. The van der Waals surface area contributed by atoms with Crippen molar-refractivity contribution in [2.24, 2.45) is 11.5 Å². The van der Waals surface area contributed by atoms with Gasteiger partial charge in [0.25, 0.3) is 0 Å². The number of hydrogen-bond acceptors (Lipinski definition) is 13. The Morgan fingerprint density at radius 3 is 1.58 bits per heavy atom. The van der Waals surface area contributed by atoms with Gasteiger partial charge in [0, 0.05) is 6.42 Å². The van der Waals surface area contributed by atoms with E-state index in [9.17, 15) is 57.8 Å². The van der Waals surface area contributed by atoms with E-state index in [1.807, 2.05) is 0 Å². The van der Waals surface area contributed by atoms with Crippen molar-refractivity contribution in [2.45, 2.75) is 89.3 Å². The predicted octanol–water partition coefficient (Wildman–Crippen LogP) is -7.65. The maximum absolute atomic E-state index is 12.8. The van der Waals surface area contributed by atoms with Gasteiger partial charge >= 0.3 is 11.9 Å². The lowest BCUT2D eigenvalue weighted by Gasteiger charge is -2.23. The van der Waals surface area contributed by atoms with E-state index in [2.05, 4.69) is 42.5 Å². The highest BCUT2D eigenvalue weighted by Gasteiger charge is 2.30. The Hall–Kier alpha value is -5.91. The van der Waals surface area contributed by atoms with Crippen LogP contribution in [0.2, 0.25) is 0 Å². The van der Waals surface area contributed by atoms with Crippen LogP contribution in [0.15, 0.2) is 0 Å². The number of aliphatic hydroxyl groups excluding tert-OH is 1. The number of aliphatic hydroxyl groups is 1. The Balaban J connectivity index is 5.13. The number of carbonyl (C=O) groups excluding carboxylic acids is 9. The highest BCUT2D eigenvalue weighted by molar-refractivity contribution is 5.96. The summed E-state index contributed by atoms with van der Waals surface area (Å²) in [4.78, 5) is 132. The summed E-state index contributed by atoms with van der Waals surface area (Å²) in [5, 5.41) is 45.0. The van der Waals surface area contributed by atoms with Crippen molar-refractivity contribution in [3.8, 4) is 0 Å². The first-order chi connectivity index (χ1) is 24.0. The first-order valence-electron chi connectivity index (χ1n) is 15.5. The SMILES string of the molecule is C[C@H](N)C(=O)N[C@@H](CC(=O)O)C(=O)NCC(=O)NCC(=O)N[C@@H](C)C(=O)N[C@@H](CCC(N)=O)C(=O)NCC(=O)N[C@H](C(=O)N[C@@H](C)C(=O)O)[C@@H](C)O. The molecule has 9 amide bonds. The molecule has 52 heavy (non-hydrogen) atoms. The Kier molecular flexibility index (Phi) is 20.2. The number of aliphatic carboxylic acids is 2. The van der Waals surface area contributed by atoms with Crippen LogP contribution in [-0.4, -0.2) is 142 Å². The molecule has 24 heteroatoms. The molecule has 0 radical (unpaired) electrons. The fourth-order valence-electron chi connectivity index (χ4n) is 3.71. The zero-order valence-electron chi connectivity index (χ0n) is 28.8. The number of rotatable bonds is 23. The summed E-state index contributed by atoms with van der Waals surface area (Å²) in [6, 6.07) is -8.34. The molecular weight excluding hydrogens is 700 g/mol. The predicted molar refractivity (Wildman–Crippen MR) is 174 cm³/mol. The molecule has 0 aromatic carbocycles. The van der Waals surface area contributed by atoms with Gasteiger partial charge in [0.1, 0.15) is 30.2 Å². The van der Waals surface area contributed by atoms with E-state index in [0.29, 0.717) is 0 Å². The number of primary amides is 1. The third-order valence-corrected chi connectivity index (χ3v) is 6.61. The van der Waals surface area contributed by atoms with Gasteiger partial charge in [-0.3, -0.25) is 52.7 Å². The lowest BCUT2D eigenvalue weighted by molar-refractivity contribution is -0.142. The third-order valence-electron chi connectivity index (χ3n) is 6.61. The van der Waals surface area contributed by atoms with Crippen LogP contribution in [0.25, 0.3) is 0 Å². The highest BCUT2D eigenvalue weighted by Crippen LogP contribution is 2.00. The summed E-state index contributed by atoms with van der Waals surface area (Å²) in [5.74, 6) is -11.2. The summed E-state index contributed by atoms with van der Waals surface area (Å²) in [6.07, 6.45) is -3.02. The van der Waals surface area contributed by atoms with E-state index < -0.39 is 140 Å². The second kappa shape index (κ2) is 22.7. The summed E-state index contributed by atoms with van der Waals surface area (Å²) >= 11 is 0. The van der Waals surface area contributed by atoms with Crippen molar-refractivity contribution in [3.05, 3.63) is 0 Å². The molecule has 0 fully saturated rings. The molecule has 0 rings (SSSR count). The van der Waals surface area contributed by atoms with E-state index in [-0.39, 0.29) is 6.42 Å². The molecule has 0 saturated carbocycles. The normalized spacial score (nSPS) is 14.6. The molecule has 7 atom stereocenters. The minimum Gasteiger partial charge on any atom is -0.481 e. The Bertz CT molecular complexity index is 1370. The van der Waals surface area contributed by atoms with Crippen LogP contribution in [0.4, 0.5) is 0 Å². The fraction of sp³-hybridized carbons (Fsp3) is 0.607. The van der Waals surface area contributed by atoms with Crippen LogP contribution >= 0.6 is 0 Å². The minimum atomic E-state index is -1.60. The highest BCUT2D eigenvalue weighted by atomic mass is 16.4. The topological polar surface area (TPSA) is 397 Å². The van der Waals surface area contributed by atoms with Gasteiger partial charge in [0.15, 0.2) is 0 Å². The Labute approximate surface area is 296 Å². The lowest BCUT2D eigenvalue weighted by Crippen LogP contribution is -2.57. The molecule has 292 valence electrons. The molecule has 0 spiro atoms. The smallest absolute Gasteiger partial charge is 0.325 e. The molecule has 0 heterocycles. The minimum absolute atomic E-state index is 0.342. The van der Waals surface area contributed by atoms with E-state index in [4.69, 9.17) is 21.7 Å². The van der Waals surface area contributed by atoms with Crippen LogP contribution in [0, 0.1) is 0 Å².